The summed E-state index contributed by atoms with van der Waals surface area (Å²) in [5.74, 6) is 0.679. The minimum absolute atomic E-state index is 0.0436. The molecule has 2 saturated carbocycles. The number of rotatable bonds is 10. The summed E-state index contributed by atoms with van der Waals surface area (Å²) in [5.41, 5.74) is 5.88. The Morgan fingerprint density at radius 2 is 1.56 bits per heavy atom. The number of urea groups is 1. The maximum absolute atomic E-state index is 12.2. The van der Waals surface area contributed by atoms with Gasteiger partial charge >= 0.3 is 6.03 Å². The fourth-order valence-corrected chi connectivity index (χ4v) is 4.46. The van der Waals surface area contributed by atoms with E-state index in [4.69, 9.17) is 5.73 Å². The molecule has 0 spiro atoms. The highest BCUT2D eigenvalue weighted by Crippen LogP contribution is 2.26. The van der Waals surface area contributed by atoms with E-state index in [-0.39, 0.29) is 18.0 Å². The van der Waals surface area contributed by atoms with Gasteiger partial charge in [-0.15, -0.1) is 0 Å². The average Bonchev–Trinajstić information content (AvgIpc) is 2.70. The van der Waals surface area contributed by atoms with Crippen LogP contribution in [0.4, 0.5) is 4.79 Å². The number of amides is 3. The maximum atomic E-state index is 12.2. The second-order valence-electron chi connectivity index (χ2n) is 8.35. The smallest absolute Gasteiger partial charge is 0.315 e. The van der Waals surface area contributed by atoms with Gasteiger partial charge < -0.3 is 21.7 Å². The normalized spacial score (nSPS) is 20.0. The fourth-order valence-electron chi connectivity index (χ4n) is 4.46. The summed E-state index contributed by atoms with van der Waals surface area (Å²) in [5, 5.41) is 9.14. The molecule has 0 aromatic rings. The van der Waals surface area contributed by atoms with Crippen molar-refractivity contribution >= 4 is 11.9 Å². The van der Waals surface area contributed by atoms with Crippen LogP contribution < -0.4 is 21.7 Å². The lowest BCUT2D eigenvalue weighted by Crippen LogP contribution is -2.45. The lowest BCUT2D eigenvalue weighted by molar-refractivity contribution is -0.122. The molecule has 6 nitrogen and oxygen atoms in total. The lowest BCUT2D eigenvalue weighted by atomic mass is 9.84. The Balaban J connectivity index is 1.47. The number of nitrogens with two attached hydrogens (primary N) is 1. The number of hydrogen-bond acceptors (Lipinski definition) is 3. The number of nitrogens with one attached hydrogen (secondary N) is 3. The van der Waals surface area contributed by atoms with E-state index in [1.165, 1.54) is 51.4 Å². The predicted molar refractivity (Wildman–Crippen MR) is 109 cm³/mol. The van der Waals surface area contributed by atoms with Crippen LogP contribution in [0.25, 0.3) is 0 Å². The molecule has 0 saturated heterocycles. The van der Waals surface area contributed by atoms with E-state index < -0.39 is 0 Å². The van der Waals surface area contributed by atoms with Crippen LogP contribution in [-0.2, 0) is 4.79 Å². The van der Waals surface area contributed by atoms with E-state index in [9.17, 15) is 9.59 Å². The van der Waals surface area contributed by atoms with Crippen LogP contribution in [0.1, 0.15) is 89.9 Å². The molecule has 6 heteroatoms. The van der Waals surface area contributed by atoms with Crippen molar-refractivity contribution in [2.75, 3.05) is 13.1 Å². The molecule has 27 heavy (non-hydrogen) atoms. The van der Waals surface area contributed by atoms with Gasteiger partial charge in [0, 0.05) is 31.6 Å². The molecule has 3 amide bonds. The third-order valence-electron chi connectivity index (χ3n) is 6.13. The zero-order valence-electron chi connectivity index (χ0n) is 16.9. The Labute approximate surface area is 164 Å². The summed E-state index contributed by atoms with van der Waals surface area (Å²) in [6.45, 7) is 1.21. The molecule has 2 fully saturated rings. The van der Waals surface area contributed by atoms with Gasteiger partial charge in [-0.1, -0.05) is 44.9 Å². The zero-order chi connectivity index (χ0) is 19.3. The van der Waals surface area contributed by atoms with Crippen molar-refractivity contribution in [2.24, 2.45) is 11.7 Å². The molecule has 1 unspecified atom stereocenters. The third-order valence-corrected chi connectivity index (χ3v) is 6.13. The van der Waals surface area contributed by atoms with Gasteiger partial charge in [-0.05, 0) is 44.4 Å². The molecule has 0 aromatic heterocycles. The fraction of sp³-hybridized carbons (Fsp3) is 0.905. The first kappa shape index (κ1) is 22.0. The predicted octanol–water partition coefficient (Wildman–Crippen LogP) is 3.20. The highest BCUT2D eigenvalue weighted by molar-refractivity contribution is 5.76. The van der Waals surface area contributed by atoms with Crippen molar-refractivity contribution in [1.82, 2.24) is 16.0 Å². The first-order valence-corrected chi connectivity index (χ1v) is 11.2. The Kier molecular flexibility index (Phi) is 10.6. The summed E-state index contributed by atoms with van der Waals surface area (Å²) in [7, 11) is 0. The largest absolute Gasteiger partial charge is 0.352 e. The number of carbonyl (C=O) groups is 2. The van der Waals surface area contributed by atoms with E-state index in [0.29, 0.717) is 31.5 Å². The monoisotopic (exact) mass is 380 g/mol. The lowest BCUT2D eigenvalue weighted by Gasteiger charge is -2.30. The highest BCUT2D eigenvalue weighted by atomic mass is 16.2. The van der Waals surface area contributed by atoms with Gasteiger partial charge in [0.15, 0.2) is 0 Å². The van der Waals surface area contributed by atoms with Gasteiger partial charge in [0.25, 0.3) is 0 Å². The first-order chi connectivity index (χ1) is 13.2. The van der Waals surface area contributed by atoms with Crippen molar-refractivity contribution in [3.05, 3.63) is 0 Å². The molecule has 2 aliphatic rings. The Hall–Kier alpha value is -1.30. The topological polar surface area (TPSA) is 96.2 Å². The molecule has 0 bridgehead atoms. The van der Waals surface area contributed by atoms with Gasteiger partial charge in [0.05, 0.1) is 0 Å². The first-order valence-electron chi connectivity index (χ1n) is 11.2. The molecule has 156 valence electrons. The van der Waals surface area contributed by atoms with Crippen LogP contribution in [-0.4, -0.2) is 37.1 Å². The van der Waals surface area contributed by atoms with Gasteiger partial charge in [-0.2, -0.15) is 0 Å². The minimum Gasteiger partial charge on any atom is -0.352 e. The van der Waals surface area contributed by atoms with Crippen LogP contribution in [0.15, 0.2) is 0 Å². The Morgan fingerprint density at radius 3 is 2.22 bits per heavy atom. The number of unbranched alkanes of at least 4 members (excludes halogenated alkanes) is 2. The van der Waals surface area contributed by atoms with Crippen LogP contribution in [0.3, 0.4) is 0 Å². The van der Waals surface area contributed by atoms with E-state index in [1.54, 1.807) is 0 Å². The summed E-state index contributed by atoms with van der Waals surface area (Å²) in [4.78, 5) is 24.0. The van der Waals surface area contributed by atoms with Crippen LogP contribution >= 0.6 is 0 Å². The van der Waals surface area contributed by atoms with E-state index >= 15 is 0 Å². The molecule has 0 heterocycles. The third kappa shape index (κ3) is 8.96. The number of carbonyl (C=O) groups excluding carboxylic acids is 2. The SMILES string of the molecule is NCC(NC(=O)CCCCCNC(=O)NC1CCCCC1)C1CCCCC1. The molecule has 0 aliphatic heterocycles. The Morgan fingerprint density at radius 1 is 0.889 bits per heavy atom. The molecular weight excluding hydrogens is 340 g/mol. The standard InChI is InChI=1S/C21H40N4O2/c22-16-19(17-10-4-1-5-11-17)25-20(26)14-8-3-9-15-23-21(27)24-18-12-6-2-7-13-18/h17-19H,1-16,22H2,(H,25,26)(H2,23,24,27). The zero-order valence-corrected chi connectivity index (χ0v) is 16.9. The highest BCUT2D eigenvalue weighted by Gasteiger charge is 2.23. The van der Waals surface area contributed by atoms with Gasteiger partial charge in [0.1, 0.15) is 0 Å². The summed E-state index contributed by atoms with van der Waals surface area (Å²) in [6.07, 6.45) is 15.4. The van der Waals surface area contributed by atoms with Crippen molar-refractivity contribution < 1.29 is 9.59 Å². The van der Waals surface area contributed by atoms with Gasteiger partial charge in [-0.3, -0.25) is 4.79 Å². The molecule has 0 radical (unpaired) electrons. The van der Waals surface area contributed by atoms with Crippen molar-refractivity contribution in [2.45, 2.75) is 102 Å². The second-order valence-corrected chi connectivity index (χ2v) is 8.35. The molecular formula is C21H40N4O2. The van der Waals surface area contributed by atoms with E-state index in [1.807, 2.05) is 0 Å². The van der Waals surface area contributed by atoms with Gasteiger partial charge in [0.2, 0.25) is 5.91 Å². The van der Waals surface area contributed by atoms with Crippen molar-refractivity contribution in [1.29, 1.82) is 0 Å². The second kappa shape index (κ2) is 13.0. The van der Waals surface area contributed by atoms with Crippen LogP contribution in [0.5, 0.6) is 0 Å². The summed E-state index contributed by atoms with van der Waals surface area (Å²) < 4.78 is 0. The van der Waals surface area contributed by atoms with Gasteiger partial charge in [-0.25, -0.2) is 4.79 Å². The quantitative estimate of drug-likeness (QED) is 0.438. The molecule has 1 atom stereocenters. The minimum atomic E-state index is -0.0436. The molecule has 5 N–H and O–H groups in total. The maximum Gasteiger partial charge on any atom is 0.315 e. The average molecular weight is 381 g/mol. The van der Waals surface area contributed by atoms with Crippen LogP contribution in [0, 0.1) is 5.92 Å². The molecule has 0 aromatic carbocycles. The Bertz CT molecular complexity index is 432. The van der Waals surface area contributed by atoms with Crippen LogP contribution in [0.2, 0.25) is 0 Å². The van der Waals surface area contributed by atoms with E-state index in [2.05, 4.69) is 16.0 Å². The summed E-state index contributed by atoms with van der Waals surface area (Å²) in [6, 6.07) is 0.447. The van der Waals surface area contributed by atoms with E-state index in [0.717, 1.165) is 32.1 Å². The number of hydrogen-bond donors (Lipinski definition) is 4. The van der Waals surface area contributed by atoms with Crippen molar-refractivity contribution in [3.8, 4) is 0 Å². The summed E-state index contributed by atoms with van der Waals surface area (Å²) >= 11 is 0. The van der Waals surface area contributed by atoms with Crippen molar-refractivity contribution in [3.63, 3.8) is 0 Å². The molecule has 2 rings (SSSR count). The molecule has 2 aliphatic carbocycles.